The van der Waals surface area contributed by atoms with E-state index < -0.39 is 50.6 Å². The van der Waals surface area contributed by atoms with E-state index in [1.165, 1.54) is 6.07 Å². The zero-order valence-electron chi connectivity index (χ0n) is 34.4. The molecule has 2 aliphatic carbocycles. The van der Waals surface area contributed by atoms with Gasteiger partial charge in [0.25, 0.3) is 0 Å². The number of sulfonamides is 1. The number of hydrogen-bond donors (Lipinski definition) is 1. The molecule has 1 saturated heterocycles. The Morgan fingerprint density at radius 2 is 1.82 bits per heavy atom. The van der Waals surface area contributed by atoms with Crippen LogP contribution in [-0.4, -0.2) is 66.9 Å². The summed E-state index contributed by atoms with van der Waals surface area (Å²) in [5, 5.41) is 0.119. The second-order valence-corrected chi connectivity index (χ2v) is 18.6. The number of rotatable bonds is 20. The third-order valence-corrected chi connectivity index (χ3v) is 14.2. The van der Waals surface area contributed by atoms with E-state index in [2.05, 4.69) is 17.9 Å². The van der Waals surface area contributed by atoms with Crippen molar-refractivity contribution in [2.75, 3.05) is 13.7 Å². The number of ether oxygens (including phenoxy) is 2. The molecule has 3 aromatic carbocycles. The number of fused-ring (bicyclic) bond motifs is 1. The van der Waals surface area contributed by atoms with E-state index in [9.17, 15) is 27.2 Å². The van der Waals surface area contributed by atoms with Gasteiger partial charge in [0.15, 0.2) is 5.78 Å². The van der Waals surface area contributed by atoms with Gasteiger partial charge in [-0.1, -0.05) is 67.5 Å². The maximum Gasteiger partial charge on any atom is 0.240 e. The number of carbonyl (C=O) groups is 3. The molecule has 4 aromatic rings. The SMILES string of the molecule is C=CCCCCC[C@H](Cc1ccc(F)c(C)c1)C(=O)N1C[C@H](Oc2cc(-c3ccccc3)nc3cc(OC)ccc23)C[C@H]1C(=O)C[C@]1(C(=O)NS(=O)(=O)C2CC2)C[C@H]1C=C. The number of unbranched alkanes of at least 4 members (excludes halogenated alkanes) is 3. The maximum atomic E-state index is 15.0. The van der Waals surface area contributed by atoms with Crippen molar-refractivity contribution in [1.82, 2.24) is 14.6 Å². The van der Waals surface area contributed by atoms with Crippen LogP contribution in [0.4, 0.5) is 4.39 Å². The standard InChI is InChI=1S/C48H54FN3O7S/c1-5-7-8-9-11-16-34(24-32-17-22-40(49)31(3)23-32)46(54)52-30-37(26-43(52)44(53)29-48(28-35(48)6-2)47(55)51-60(56,57)38-19-20-38)59-45-27-41(33-14-12-10-13-15-33)50-42-25-36(58-4)18-21-39(42)45/h5-6,10,12-15,17-18,21-23,25,27,34-35,37-38,43H,1-2,7-9,11,16,19-20,24,26,28-30H2,3-4H3,(H,51,55)/t34-,35-,37-,43+,48-/m1/s1. The van der Waals surface area contributed by atoms with Gasteiger partial charge in [0.2, 0.25) is 21.8 Å². The molecule has 0 radical (unpaired) electrons. The molecule has 12 heteroatoms. The summed E-state index contributed by atoms with van der Waals surface area (Å²) in [6.45, 7) is 9.49. The summed E-state index contributed by atoms with van der Waals surface area (Å²) in [5.41, 5.74) is 2.22. The van der Waals surface area contributed by atoms with Gasteiger partial charge in [-0.2, -0.15) is 0 Å². The Hall–Kier alpha value is -5.36. The van der Waals surface area contributed by atoms with E-state index in [1.807, 2.05) is 60.7 Å². The summed E-state index contributed by atoms with van der Waals surface area (Å²) < 4.78 is 54.7. The van der Waals surface area contributed by atoms with E-state index in [0.717, 1.165) is 42.2 Å². The predicted octanol–water partition coefficient (Wildman–Crippen LogP) is 8.46. The normalized spacial score (nSPS) is 21.6. The van der Waals surface area contributed by atoms with Gasteiger partial charge in [0, 0.05) is 41.8 Å². The molecule has 316 valence electrons. The Balaban J connectivity index is 1.22. The molecule has 3 aliphatic rings. The van der Waals surface area contributed by atoms with Gasteiger partial charge in [-0.05, 0) is 87.1 Å². The zero-order valence-corrected chi connectivity index (χ0v) is 35.2. The lowest BCUT2D eigenvalue weighted by Crippen LogP contribution is -2.46. The highest BCUT2D eigenvalue weighted by atomic mass is 32.2. The molecule has 0 unspecified atom stereocenters. The van der Waals surface area contributed by atoms with Crippen molar-refractivity contribution >= 4 is 38.5 Å². The highest BCUT2D eigenvalue weighted by Gasteiger charge is 2.61. The van der Waals surface area contributed by atoms with Crippen LogP contribution in [-0.2, 0) is 30.8 Å². The van der Waals surface area contributed by atoms with Crippen molar-refractivity contribution in [3.8, 4) is 22.8 Å². The fourth-order valence-electron chi connectivity index (χ4n) is 8.60. The quantitative estimate of drug-likeness (QED) is 0.0693. The molecule has 0 spiro atoms. The monoisotopic (exact) mass is 835 g/mol. The van der Waals surface area contributed by atoms with Crippen LogP contribution >= 0.6 is 0 Å². The molecule has 5 atom stereocenters. The van der Waals surface area contributed by atoms with Crippen LogP contribution in [0.1, 0.15) is 75.3 Å². The molecule has 10 nitrogen and oxygen atoms in total. The summed E-state index contributed by atoms with van der Waals surface area (Å²) in [4.78, 5) is 50.0. The Kier molecular flexibility index (Phi) is 12.9. The number of allylic oxidation sites excluding steroid dienone is 2. The van der Waals surface area contributed by atoms with Crippen LogP contribution in [0.3, 0.4) is 0 Å². The molecule has 2 saturated carbocycles. The van der Waals surface area contributed by atoms with Crippen molar-refractivity contribution < 1.29 is 36.7 Å². The number of Topliss-reactive ketones (excluding diaryl/α,β-unsaturated/α-hetero) is 1. The molecule has 0 bridgehead atoms. The first-order valence-corrected chi connectivity index (χ1v) is 22.5. The van der Waals surface area contributed by atoms with Crippen molar-refractivity contribution in [2.45, 2.75) is 94.9 Å². The Morgan fingerprint density at radius 3 is 2.50 bits per heavy atom. The number of carbonyl (C=O) groups excluding carboxylic acids is 3. The van der Waals surface area contributed by atoms with Crippen LogP contribution in [0.5, 0.6) is 11.5 Å². The van der Waals surface area contributed by atoms with Crippen LogP contribution in [0.15, 0.2) is 98.1 Å². The minimum absolute atomic E-state index is 0.103. The average Bonchev–Trinajstić information content (AvgIpc) is 4.18. The smallest absolute Gasteiger partial charge is 0.240 e. The van der Waals surface area contributed by atoms with Crippen molar-refractivity contribution in [3.05, 3.63) is 115 Å². The molecule has 1 N–H and O–H groups in total. The summed E-state index contributed by atoms with van der Waals surface area (Å²) in [5.74, 6) is -1.34. The Bertz CT molecular complexity index is 2380. The van der Waals surface area contributed by atoms with E-state index >= 15 is 0 Å². The minimum Gasteiger partial charge on any atom is -0.497 e. The highest BCUT2D eigenvalue weighted by molar-refractivity contribution is 7.90. The molecule has 2 amide bonds. The van der Waals surface area contributed by atoms with Crippen LogP contribution in [0.25, 0.3) is 22.2 Å². The lowest BCUT2D eigenvalue weighted by Gasteiger charge is -2.29. The fourth-order valence-corrected chi connectivity index (χ4v) is 9.98. The van der Waals surface area contributed by atoms with Crippen LogP contribution in [0, 0.1) is 30.0 Å². The van der Waals surface area contributed by atoms with Crippen LogP contribution in [0.2, 0.25) is 0 Å². The minimum atomic E-state index is -3.86. The summed E-state index contributed by atoms with van der Waals surface area (Å²) in [6.07, 6.45) is 8.37. The predicted molar refractivity (Wildman–Crippen MR) is 230 cm³/mol. The van der Waals surface area contributed by atoms with Crippen molar-refractivity contribution in [3.63, 3.8) is 0 Å². The van der Waals surface area contributed by atoms with Gasteiger partial charge < -0.3 is 14.4 Å². The van der Waals surface area contributed by atoms with Gasteiger partial charge in [0.05, 0.1) is 41.6 Å². The number of nitrogens with zero attached hydrogens (tertiary/aromatic N) is 2. The van der Waals surface area contributed by atoms with Gasteiger partial charge in [-0.15, -0.1) is 13.2 Å². The lowest BCUT2D eigenvalue weighted by molar-refractivity contribution is -0.142. The number of methoxy groups -OCH3 is 1. The van der Waals surface area contributed by atoms with Crippen LogP contribution < -0.4 is 14.2 Å². The molecule has 7 rings (SSSR count). The van der Waals surface area contributed by atoms with E-state index in [4.69, 9.17) is 14.5 Å². The number of likely N-dealkylation sites (tertiary alicyclic amines) is 1. The largest absolute Gasteiger partial charge is 0.497 e. The summed E-state index contributed by atoms with van der Waals surface area (Å²) in [6, 6.07) is 21.0. The molecule has 1 aromatic heterocycles. The van der Waals surface area contributed by atoms with Gasteiger partial charge in [-0.3, -0.25) is 19.1 Å². The number of halogens is 1. The zero-order chi connectivity index (χ0) is 42.6. The van der Waals surface area contributed by atoms with Gasteiger partial charge in [0.1, 0.15) is 23.4 Å². The molecular formula is C48H54FN3O7S. The number of nitrogens with one attached hydrogen (secondary N) is 1. The number of aromatic nitrogens is 1. The van der Waals surface area contributed by atoms with Gasteiger partial charge >= 0.3 is 0 Å². The first-order valence-electron chi connectivity index (χ1n) is 20.9. The topological polar surface area (TPSA) is 132 Å². The fraction of sp³-hybridized carbons (Fsp3) is 0.417. The first-order chi connectivity index (χ1) is 28.8. The van der Waals surface area contributed by atoms with E-state index in [-0.39, 0.29) is 43.3 Å². The number of aryl methyl sites for hydroxylation is 1. The number of ketones is 1. The number of benzene rings is 3. The van der Waals surface area contributed by atoms with E-state index in [1.54, 1.807) is 37.1 Å². The molecule has 60 heavy (non-hydrogen) atoms. The molecule has 1 aliphatic heterocycles. The van der Waals surface area contributed by atoms with E-state index in [0.29, 0.717) is 54.0 Å². The summed E-state index contributed by atoms with van der Waals surface area (Å²) >= 11 is 0. The number of hydrogen-bond acceptors (Lipinski definition) is 8. The third-order valence-electron chi connectivity index (χ3n) is 12.3. The average molecular weight is 836 g/mol. The molecule has 3 fully saturated rings. The second kappa shape index (κ2) is 18.1. The number of pyridine rings is 1. The molecule has 2 heterocycles. The maximum absolute atomic E-state index is 15.0. The lowest BCUT2D eigenvalue weighted by atomic mass is 9.89. The second-order valence-electron chi connectivity index (χ2n) is 16.7. The highest BCUT2D eigenvalue weighted by Crippen LogP contribution is 2.57. The van der Waals surface area contributed by atoms with Crippen molar-refractivity contribution in [1.29, 1.82) is 0 Å². The number of amides is 2. The molecular weight excluding hydrogens is 782 g/mol. The Labute approximate surface area is 352 Å². The summed E-state index contributed by atoms with van der Waals surface area (Å²) in [7, 11) is -2.27. The van der Waals surface area contributed by atoms with Gasteiger partial charge in [-0.25, -0.2) is 17.8 Å². The first kappa shape index (κ1) is 42.8. The van der Waals surface area contributed by atoms with Crippen molar-refractivity contribution in [2.24, 2.45) is 17.3 Å². The third kappa shape index (κ3) is 9.49. The Morgan fingerprint density at radius 1 is 1.03 bits per heavy atom.